The summed E-state index contributed by atoms with van der Waals surface area (Å²) in [6.07, 6.45) is 2.36. The first-order valence-corrected chi connectivity index (χ1v) is 8.92. The van der Waals surface area contributed by atoms with Crippen LogP contribution in [0.2, 0.25) is 0 Å². The highest BCUT2D eigenvalue weighted by atomic mass is 16.6. The third-order valence-electron chi connectivity index (χ3n) is 2.95. The second kappa shape index (κ2) is 9.74. The lowest BCUT2D eigenvalue weighted by Gasteiger charge is -2.36. The fraction of sp³-hybridized carbons (Fsp3) is 0.889. The van der Waals surface area contributed by atoms with Gasteiger partial charge in [0, 0.05) is 13.1 Å². The number of ether oxygens (including phenoxy) is 2. The summed E-state index contributed by atoms with van der Waals surface area (Å²) in [5, 5.41) is 2.77. The second-order valence-electron chi connectivity index (χ2n) is 7.91. The lowest BCUT2D eigenvalue weighted by Crippen LogP contribution is -2.53. The highest BCUT2D eigenvalue weighted by Gasteiger charge is 2.32. The molecule has 0 radical (unpaired) electrons. The van der Waals surface area contributed by atoms with Crippen molar-refractivity contribution in [3.05, 3.63) is 0 Å². The number of rotatable bonds is 6. The van der Waals surface area contributed by atoms with Gasteiger partial charge in [-0.2, -0.15) is 0 Å². The topological polar surface area (TPSA) is 59.1 Å². The quantitative estimate of drug-likeness (QED) is 0.638. The monoisotopic (exact) mass is 344 g/mol. The SMILES string of the molecule is CCCCN(C(=O)OC(C)(C)C)N(CCCC)C(=O)OC(C)(C)C. The van der Waals surface area contributed by atoms with Gasteiger partial charge in [-0.25, -0.2) is 19.6 Å². The predicted molar refractivity (Wildman–Crippen MR) is 95.7 cm³/mol. The molecule has 6 nitrogen and oxygen atoms in total. The van der Waals surface area contributed by atoms with Gasteiger partial charge in [-0.3, -0.25) is 0 Å². The van der Waals surface area contributed by atoms with Gasteiger partial charge < -0.3 is 9.47 Å². The lowest BCUT2D eigenvalue weighted by atomic mass is 10.2. The van der Waals surface area contributed by atoms with Crippen molar-refractivity contribution in [1.29, 1.82) is 0 Å². The zero-order valence-corrected chi connectivity index (χ0v) is 16.8. The molecule has 0 aromatic carbocycles. The van der Waals surface area contributed by atoms with Gasteiger partial charge in [-0.05, 0) is 54.4 Å². The Bertz CT molecular complexity index is 359. The molecule has 0 aliphatic heterocycles. The minimum Gasteiger partial charge on any atom is -0.442 e. The minimum absolute atomic E-state index is 0.425. The molecule has 0 unspecified atom stereocenters. The van der Waals surface area contributed by atoms with Crippen LogP contribution in [0.4, 0.5) is 9.59 Å². The Morgan fingerprint density at radius 3 is 1.21 bits per heavy atom. The van der Waals surface area contributed by atoms with Gasteiger partial charge in [0.1, 0.15) is 11.2 Å². The first kappa shape index (κ1) is 22.5. The Morgan fingerprint density at radius 1 is 0.708 bits per heavy atom. The van der Waals surface area contributed by atoms with Crippen LogP contribution in [0.15, 0.2) is 0 Å². The molecule has 0 rings (SSSR count). The van der Waals surface area contributed by atoms with Crippen LogP contribution in [0, 0.1) is 0 Å². The standard InChI is InChI=1S/C18H36N2O4/c1-9-11-13-19(15(21)23-17(3,4)5)20(14-12-10-2)16(22)24-18(6,7)8/h9-14H2,1-8H3. The van der Waals surface area contributed by atoms with Crippen LogP contribution in [-0.4, -0.2) is 46.5 Å². The summed E-state index contributed by atoms with van der Waals surface area (Å²) in [6, 6.07) is 0. The summed E-state index contributed by atoms with van der Waals surface area (Å²) in [5.41, 5.74) is -1.24. The Kier molecular flexibility index (Phi) is 9.15. The number of hydrogen-bond donors (Lipinski definition) is 0. The first-order chi connectivity index (χ1) is 10.9. The van der Waals surface area contributed by atoms with Crippen LogP contribution in [0.3, 0.4) is 0 Å². The Labute approximate surface area is 147 Å². The zero-order chi connectivity index (χ0) is 19.0. The van der Waals surface area contributed by atoms with Crippen molar-refractivity contribution < 1.29 is 19.1 Å². The predicted octanol–water partition coefficient (Wildman–Crippen LogP) is 4.98. The van der Waals surface area contributed by atoms with E-state index in [1.165, 1.54) is 10.0 Å². The average Bonchev–Trinajstić information content (AvgIpc) is 2.38. The Morgan fingerprint density at radius 2 is 1.00 bits per heavy atom. The molecule has 0 heterocycles. The molecule has 2 amide bonds. The first-order valence-electron chi connectivity index (χ1n) is 8.92. The molecule has 142 valence electrons. The van der Waals surface area contributed by atoms with E-state index < -0.39 is 23.4 Å². The number of hydrazine groups is 1. The van der Waals surface area contributed by atoms with Crippen molar-refractivity contribution in [2.75, 3.05) is 13.1 Å². The van der Waals surface area contributed by atoms with E-state index >= 15 is 0 Å². The van der Waals surface area contributed by atoms with Gasteiger partial charge in [-0.1, -0.05) is 26.7 Å². The van der Waals surface area contributed by atoms with Gasteiger partial charge in [0.25, 0.3) is 0 Å². The molecule has 6 heteroatoms. The number of carbonyl (C=O) groups excluding carboxylic acids is 2. The molecule has 24 heavy (non-hydrogen) atoms. The highest BCUT2D eigenvalue weighted by molar-refractivity contribution is 5.74. The van der Waals surface area contributed by atoms with Crippen LogP contribution in [0.5, 0.6) is 0 Å². The molecular formula is C18H36N2O4. The van der Waals surface area contributed by atoms with Gasteiger partial charge in [0.05, 0.1) is 0 Å². The molecule has 0 fully saturated rings. The van der Waals surface area contributed by atoms with Crippen LogP contribution in [-0.2, 0) is 9.47 Å². The molecule has 0 spiro atoms. The van der Waals surface area contributed by atoms with Crippen molar-refractivity contribution >= 4 is 12.2 Å². The van der Waals surface area contributed by atoms with E-state index in [9.17, 15) is 9.59 Å². The minimum atomic E-state index is -0.619. The van der Waals surface area contributed by atoms with Crippen LogP contribution in [0.25, 0.3) is 0 Å². The van der Waals surface area contributed by atoms with Crippen molar-refractivity contribution in [3.8, 4) is 0 Å². The molecule has 0 N–H and O–H groups in total. The molecule has 0 aromatic heterocycles. The highest BCUT2D eigenvalue weighted by Crippen LogP contribution is 2.17. The number of unbranched alkanes of at least 4 members (excludes halogenated alkanes) is 2. The van der Waals surface area contributed by atoms with Crippen LogP contribution in [0.1, 0.15) is 81.1 Å². The zero-order valence-electron chi connectivity index (χ0n) is 16.8. The maximum Gasteiger partial charge on any atom is 0.429 e. The fourth-order valence-electron chi connectivity index (χ4n) is 1.87. The molecule has 0 atom stereocenters. The van der Waals surface area contributed by atoms with Crippen LogP contribution >= 0.6 is 0 Å². The van der Waals surface area contributed by atoms with E-state index in [-0.39, 0.29) is 0 Å². The molecular weight excluding hydrogens is 308 g/mol. The molecule has 0 aromatic rings. The molecule has 0 saturated carbocycles. The summed E-state index contributed by atoms with van der Waals surface area (Å²) in [7, 11) is 0. The van der Waals surface area contributed by atoms with Crippen molar-refractivity contribution in [2.45, 2.75) is 92.3 Å². The van der Waals surface area contributed by atoms with Gasteiger partial charge in [-0.15, -0.1) is 0 Å². The number of nitrogens with zero attached hydrogens (tertiary/aromatic N) is 2. The third-order valence-corrected chi connectivity index (χ3v) is 2.95. The molecule has 0 bridgehead atoms. The van der Waals surface area contributed by atoms with E-state index in [1.807, 2.05) is 55.4 Å². The number of carbonyl (C=O) groups is 2. The Balaban J connectivity index is 5.38. The van der Waals surface area contributed by atoms with E-state index in [0.717, 1.165) is 25.7 Å². The third kappa shape index (κ3) is 9.63. The summed E-state index contributed by atoms with van der Waals surface area (Å²) < 4.78 is 11.0. The van der Waals surface area contributed by atoms with E-state index in [0.29, 0.717) is 13.1 Å². The second-order valence-corrected chi connectivity index (χ2v) is 7.91. The van der Waals surface area contributed by atoms with Crippen molar-refractivity contribution in [1.82, 2.24) is 10.0 Å². The van der Waals surface area contributed by atoms with E-state index in [2.05, 4.69) is 0 Å². The van der Waals surface area contributed by atoms with E-state index in [1.54, 1.807) is 0 Å². The summed E-state index contributed by atoms with van der Waals surface area (Å²) >= 11 is 0. The average molecular weight is 344 g/mol. The number of hydrogen-bond acceptors (Lipinski definition) is 4. The molecule has 0 aliphatic rings. The largest absolute Gasteiger partial charge is 0.442 e. The fourth-order valence-corrected chi connectivity index (χ4v) is 1.87. The maximum atomic E-state index is 12.6. The molecule has 0 saturated heterocycles. The summed E-state index contributed by atoms with van der Waals surface area (Å²) in [6.45, 7) is 15.8. The van der Waals surface area contributed by atoms with Gasteiger partial charge in [0.15, 0.2) is 0 Å². The molecule has 0 aliphatic carbocycles. The smallest absolute Gasteiger partial charge is 0.429 e. The van der Waals surface area contributed by atoms with Gasteiger partial charge >= 0.3 is 12.2 Å². The van der Waals surface area contributed by atoms with Gasteiger partial charge in [0.2, 0.25) is 0 Å². The van der Waals surface area contributed by atoms with Crippen molar-refractivity contribution in [3.63, 3.8) is 0 Å². The van der Waals surface area contributed by atoms with Crippen molar-refractivity contribution in [2.24, 2.45) is 0 Å². The normalized spacial score (nSPS) is 11.8. The Hall–Kier alpha value is -1.46. The lowest BCUT2D eigenvalue weighted by molar-refractivity contribution is -0.0634. The van der Waals surface area contributed by atoms with E-state index in [4.69, 9.17) is 9.47 Å². The number of amides is 2. The maximum absolute atomic E-state index is 12.6. The summed E-state index contributed by atoms with van der Waals surface area (Å²) in [4.78, 5) is 25.2. The summed E-state index contributed by atoms with van der Waals surface area (Å²) in [5.74, 6) is 0. The van der Waals surface area contributed by atoms with Crippen LogP contribution < -0.4 is 0 Å².